The molecule has 1 aromatic heterocycles. The number of rotatable bonds is 7. The van der Waals surface area contributed by atoms with Crippen molar-refractivity contribution in [3.63, 3.8) is 0 Å². The first-order valence-electron chi connectivity index (χ1n) is 9.45. The SMILES string of the molecule is CCOC(=O)CCC(=O)c1c(C)n(C(=O)c2ccccc2)c2ccc(OC)cc12. The first kappa shape index (κ1) is 20.3. The van der Waals surface area contributed by atoms with E-state index < -0.39 is 5.97 Å². The van der Waals surface area contributed by atoms with Crippen LogP contribution in [0.5, 0.6) is 5.75 Å². The van der Waals surface area contributed by atoms with Crippen LogP contribution < -0.4 is 4.74 Å². The third-order valence-corrected chi connectivity index (χ3v) is 4.78. The fourth-order valence-electron chi connectivity index (χ4n) is 3.42. The summed E-state index contributed by atoms with van der Waals surface area (Å²) in [6.45, 7) is 3.73. The van der Waals surface area contributed by atoms with Gasteiger partial charge < -0.3 is 9.47 Å². The summed E-state index contributed by atoms with van der Waals surface area (Å²) in [6, 6.07) is 14.2. The second-order valence-corrected chi connectivity index (χ2v) is 6.58. The number of ether oxygens (including phenoxy) is 2. The Morgan fingerprint density at radius 2 is 1.72 bits per heavy atom. The Morgan fingerprint density at radius 3 is 2.38 bits per heavy atom. The molecule has 0 aliphatic heterocycles. The van der Waals surface area contributed by atoms with Gasteiger partial charge in [-0.2, -0.15) is 0 Å². The molecule has 0 radical (unpaired) electrons. The smallest absolute Gasteiger partial charge is 0.306 e. The molecule has 0 aliphatic rings. The molecule has 6 nitrogen and oxygen atoms in total. The molecule has 0 aliphatic carbocycles. The number of carbonyl (C=O) groups excluding carboxylic acids is 3. The van der Waals surface area contributed by atoms with Gasteiger partial charge in [-0.25, -0.2) is 0 Å². The largest absolute Gasteiger partial charge is 0.497 e. The molecule has 0 spiro atoms. The predicted molar refractivity (Wildman–Crippen MR) is 110 cm³/mol. The van der Waals surface area contributed by atoms with Gasteiger partial charge in [0, 0.05) is 28.6 Å². The summed E-state index contributed by atoms with van der Waals surface area (Å²) in [5.74, 6) is -0.266. The minimum atomic E-state index is -0.416. The van der Waals surface area contributed by atoms with E-state index in [9.17, 15) is 14.4 Å². The number of hydrogen-bond acceptors (Lipinski definition) is 5. The van der Waals surface area contributed by atoms with E-state index in [1.165, 1.54) is 0 Å². The molecule has 0 amide bonds. The molecular weight excluding hydrogens is 370 g/mol. The third-order valence-electron chi connectivity index (χ3n) is 4.78. The fourth-order valence-corrected chi connectivity index (χ4v) is 3.42. The molecule has 3 rings (SSSR count). The van der Waals surface area contributed by atoms with Gasteiger partial charge in [0.2, 0.25) is 0 Å². The molecule has 0 saturated heterocycles. The van der Waals surface area contributed by atoms with E-state index in [-0.39, 0.29) is 31.1 Å². The van der Waals surface area contributed by atoms with E-state index >= 15 is 0 Å². The normalized spacial score (nSPS) is 10.7. The quantitative estimate of drug-likeness (QED) is 0.445. The van der Waals surface area contributed by atoms with Crippen molar-refractivity contribution in [3.05, 3.63) is 65.4 Å². The summed E-state index contributed by atoms with van der Waals surface area (Å²) in [5, 5.41) is 0.625. The lowest BCUT2D eigenvalue weighted by Gasteiger charge is -2.07. The van der Waals surface area contributed by atoms with Crippen LogP contribution in [0.15, 0.2) is 48.5 Å². The molecule has 6 heteroatoms. The Balaban J connectivity index is 2.09. The average molecular weight is 393 g/mol. The van der Waals surface area contributed by atoms with Crippen LogP contribution in [0.3, 0.4) is 0 Å². The molecule has 3 aromatic rings. The predicted octanol–water partition coefficient (Wildman–Crippen LogP) is 4.17. The van der Waals surface area contributed by atoms with Crippen molar-refractivity contribution >= 4 is 28.6 Å². The third kappa shape index (κ3) is 4.06. The Labute approximate surface area is 169 Å². The van der Waals surface area contributed by atoms with Crippen LogP contribution in [0, 0.1) is 6.92 Å². The Kier molecular flexibility index (Phi) is 6.12. The van der Waals surface area contributed by atoms with E-state index in [0.29, 0.717) is 33.5 Å². The molecule has 0 unspecified atom stereocenters. The van der Waals surface area contributed by atoms with Crippen molar-refractivity contribution in [2.45, 2.75) is 26.7 Å². The van der Waals surface area contributed by atoms with E-state index in [4.69, 9.17) is 9.47 Å². The number of ketones is 1. The maximum absolute atomic E-state index is 13.2. The Hall–Kier alpha value is -3.41. The Bertz CT molecular complexity index is 1070. The molecule has 0 bridgehead atoms. The monoisotopic (exact) mass is 393 g/mol. The number of esters is 1. The molecule has 2 aromatic carbocycles. The summed E-state index contributed by atoms with van der Waals surface area (Å²) in [6.07, 6.45) is 0.00487. The molecule has 0 fully saturated rings. The molecule has 0 saturated carbocycles. The van der Waals surface area contributed by atoms with Gasteiger partial charge in [0.05, 0.1) is 25.7 Å². The average Bonchev–Trinajstić information content (AvgIpc) is 3.03. The molecule has 0 atom stereocenters. The van der Waals surface area contributed by atoms with Gasteiger partial charge in [0.15, 0.2) is 5.78 Å². The lowest BCUT2D eigenvalue weighted by Crippen LogP contribution is -2.14. The first-order chi connectivity index (χ1) is 14.0. The molecule has 0 N–H and O–H groups in total. The Morgan fingerprint density at radius 1 is 1.00 bits per heavy atom. The van der Waals surface area contributed by atoms with E-state index in [0.717, 1.165) is 0 Å². The number of fused-ring (bicyclic) bond motifs is 1. The summed E-state index contributed by atoms with van der Waals surface area (Å²) in [5.41, 5.74) is 2.11. The van der Waals surface area contributed by atoms with Crippen LogP contribution in [-0.4, -0.2) is 35.9 Å². The summed E-state index contributed by atoms with van der Waals surface area (Å²) < 4.78 is 11.8. The van der Waals surface area contributed by atoms with E-state index in [2.05, 4.69) is 0 Å². The first-order valence-corrected chi connectivity index (χ1v) is 9.45. The molecular formula is C23H23NO5. The van der Waals surface area contributed by atoms with Gasteiger partial charge in [-0.3, -0.25) is 19.0 Å². The maximum Gasteiger partial charge on any atom is 0.306 e. The minimum Gasteiger partial charge on any atom is -0.497 e. The summed E-state index contributed by atoms with van der Waals surface area (Å²) in [7, 11) is 1.54. The number of Topliss-reactive ketones (excluding diaryl/α,β-unsaturated/α-hetero) is 1. The highest BCUT2D eigenvalue weighted by Crippen LogP contribution is 2.31. The van der Waals surface area contributed by atoms with Crippen LogP contribution in [-0.2, 0) is 9.53 Å². The topological polar surface area (TPSA) is 74.6 Å². The van der Waals surface area contributed by atoms with Crippen molar-refractivity contribution in [2.24, 2.45) is 0 Å². The number of hydrogen-bond donors (Lipinski definition) is 0. The van der Waals surface area contributed by atoms with Gasteiger partial charge in [0.1, 0.15) is 5.75 Å². The second kappa shape index (κ2) is 8.73. The highest BCUT2D eigenvalue weighted by Gasteiger charge is 2.24. The van der Waals surface area contributed by atoms with E-state index in [1.807, 2.05) is 6.07 Å². The van der Waals surface area contributed by atoms with Crippen molar-refractivity contribution in [1.29, 1.82) is 0 Å². The van der Waals surface area contributed by atoms with Gasteiger partial charge in [-0.1, -0.05) is 18.2 Å². The van der Waals surface area contributed by atoms with Crippen molar-refractivity contribution in [2.75, 3.05) is 13.7 Å². The standard InChI is InChI=1S/C23H23NO5/c1-4-29-21(26)13-12-20(25)22-15(2)24(23(27)16-8-6-5-7-9-16)19-11-10-17(28-3)14-18(19)22/h5-11,14H,4,12-13H2,1-3H3. The highest BCUT2D eigenvalue weighted by atomic mass is 16.5. The van der Waals surface area contributed by atoms with Gasteiger partial charge in [0.25, 0.3) is 5.91 Å². The number of benzene rings is 2. The minimum absolute atomic E-state index is 0.00458. The van der Waals surface area contributed by atoms with Gasteiger partial charge >= 0.3 is 5.97 Å². The molecule has 1 heterocycles. The lowest BCUT2D eigenvalue weighted by atomic mass is 10.0. The van der Waals surface area contributed by atoms with Gasteiger partial charge in [-0.05, 0) is 44.2 Å². The van der Waals surface area contributed by atoms with Crippen LogP contribution >= 0.6 is 0 Å². The second-order valence-electron chi connectivity index (χ2n) is 6.58. The summed E-state index contributed by atoms with van der Waals surface area (Å²) in [4.78, 5) is 37.8. The molecule has 150 valence electrons. The molecule has 29 heavy (non-hydrogen) atoms. The van der Waals surface area contributed by atoms with Crippen LogP contribution in [0.1, 0.15) is 46.2 Å². The fraction of sp³-hybridized carbons (Fsp3) is 0.261. The van der Waals surface area contributed by atoms with E-state index in [1.54, 1.807) is 68.0 Å². The van der Waals surface area contributed by atoms with Gasteiger partial charge in [-0.15, -0.1) is 0 Å². The number of methoxy groups -OCH3 is 1. The van der Waals surface area contributed by atoms with Crippen molar-refractivity contribution < 1.29 is 23.9 Å². The van der Waals surface area contributed by atoms with Crippen LogP contribution in [0.2, 0.25) is 0 Å². The number of carbonyl (C=O) groups is 3. The zero-order valence-electron chi connectivity index (χ0n) is 16.7. The lowest BCUT2D eigenvalue weighted by molar-refractivity contribution is -0.143. The van der Waals surface area contributed by atoms with Crippen molar-refractivity contribution in [3.8, 4) is 5.75 Å². The zero-order chi connectivity index (χ0) is 21.0. The maximum atomic E-state index is 13.2. The number of nitrogens with zero attached hydrogens (tertiary/aromatic N) is 1. The van der Waals surface area contributed by atoms with Crippen LogP contribution in [0.4, 0.5) is 0 Å². The zero-order valence-corrected chi connectivity index (χ0v) is 16.7. The number of aromatic nitrogens is 1. The summed E-state index contributed by atoms with van der Waals surface area (Å²) >= 11 is 0. The van der Waals surface area contributed by atoms with Crippen molar-refractivity contribution in [1.82, 2.24) is 4.57 Å². The highest BCUT2D eigenvalue weighted by molar-refractivity contribution is 6.14. The van der Waals surface area contributed by atoms with Crippen LogP contribution in [0.25, 0.3) is 10.9 Å².